The fourth-order valence-corrected chi connectivity index (χ4v) is 1.10. The molecule has 1 unspecified atom stereocenters. The highest BCUT2D eigenvalue weighted by Gasteiger charge is 2.00. The highest BCUT2D eigenvalue weighted by molar-refractivity contribution is 5.17. The van der Waals surface area contributed by atoms with Crippen molar-refractivity contribution >= 4 is 6.20 Å². The van der Waals surface area contributed by atoms with Gasteiger partial charge in [0.15, 0.2) is 0 Å². The third-order valence-corrected chi connectivity index (χ3v) is 2.02. The zero-order valence-corrected chi connectivity index (χ0v) is 8.48. The Bertz CT molecular complexity index is 283. The van der Waals surface area contributed by atoms with Gasteiger partial charge in [-0.2, -0.15) is 5.10 Å². The normalized spacial score (nSPS) is 12.7. The maximum atomic E-state index is 9.29. The molecule has 1 atom stereocenters. The maximum Gasteiger partial charge on any atom is 0.0662 e. The zero-order chi connectivity index (χ0) is 10.4. The van der Waals surface area contributed by atoms with Gasteiger partial charge in [0, 0.05) is 31.0 Å². The predicted molar refractivity (Wildman–Crippen MR) is 56.6 cm³/mol. The summed E-state index contributed by atoms with van der Waals surface area (Å²) in [5.74, 6) is 0. The Balaban J connectivity index is 2.27. The van der Waals surface area contributed by atoms with Crippen molar-refractivity contribution in [2.45, 2.75) is 26.0 Å². The number of hydrogen-bond donors (Lipinski definition) is 2. The summed E-state index contributed by atoms with van der Waals surface area (Å²) in [6.45, 7) is 6.91. The van der Waals surface area contributed by atoms with Crippen LogP contribution in [0.3, 0.4) is 0 Å². The van der Waals surface area contributed by atoms with Crippen LogP contribution in [0.25, 0.3) is 6.20 Å². The molecule has 1 rings (SSSR count). The summed E-state index contributed by atoms with van der Waals surface area (Å²) >= 11 is 0. The van der Waals surface area contributed by atoms with Crippen molar-refractivity contribution in [1.82, 2.24) is 15.1 Å². The Labute approximate surface area is 84.2 Å². The van der Waals surface area contributed by atoms with Crippen molar-refractivity contribution in [2.24, 2.45) is 0 Å². The Hall–Kier alpha value is -1.13. The van der Waals surface area contributed by atoms with Crippen LogP contribution in [-0.4, -0.2) is 27.5 Å². The fraction of sp³-hybridized carbons (Fsp3) is 0.500. The van der Waals surface area contributed by atoms with Gasteiger partial charge in [0.25, 0.3) is 0 Å². The van der Waals surface area contributed by atoms with E-state index in [1.54, 1.807) is 17.1 Å². The van der Waals surface area contributed by atoms with Gasteiger partial charge in [0.05, 0.1) is 12.3 Å². The quantitative estimate of drug-likeness (QED) is 0.707. The fourth-order valence-electron chi connectivity index (χ4n) is 1.10. The maximum absolute atomic E-state index is 9.29. The van der Waals surface area contributed by atoms with Gasteiger partial charge in [-0.25, -0.2) is 4.68 Å². The number of aliphatic hydroxyl groups is 1. The van der Waals surface area contributed by atoms with Crippen LogP contribution in [0.1, 0.15) is 18.9 Å². The topological polar surface area (TPSA) is 50.1 Å². The summed E-state index contributed by atoms with van der Waals surface area (Å²) in [7, 11) is 0. The van der Waals surface area contributed by atoms with Crippen molar-refractivity contribution in [2.75, 3.05) is 6.54 Å². The third kappa shape index (κ3) is 3.32. The lowest BCUT2D eigenvalue weighted by Crippen LogP contribution is -2.25. The largest absolute Gasteiger partial charge is 0.392 e. The lowest BCUT2D eigenvalue weighted by atomic mass is 10.2. The summed E-state index contributed by atoms with van der Waals surface area (Å²) in [6.07, 6.45) is 5.85. The summed E-state index contributed by atoms with van der Waals surface area (Å²) in [5, 5.41) is 16.5. The third-order valence-electron chi connectivity index (χ3n) is 2.02. The molecule has 0 aliphatic rings. The molecule has 4 nitrogen and oxygen atoms in total. The highest BCUT2D eigenvalue weighted by Crippen LogP contribution is 1.97. The van der Waals surface area contributed by atoms with E-state index in [1.165, 1.54) is 0 Å². The first-order valence-corrected chi connectivity index (χ1v) is 4.80. The smallest absolute Gasteiger partial charge is 0.0662 e. The van der Waals surface area contributed by atoms with Crippen molar-refractivity contribution in [3.63, 3.8) is 0 Å². The van der Waals surface area contributed by atoms with Crippen LogP contribution in [0.5, 0.6) is 0 Å². The molecule has 0 fully saturated rings. The van der Waals surface area contributed by atoms with Crippen LogP contribution in [0.2, 0.25) is 0 Å². The second kappa shape index (κ2) is 5.57. The van der Waals surface area contributed by atoms with E-state index in [-0.39, 0.29) is 6.10 Å². The van der Waals surface area contributed by atoms with E-state index < -0.39 is 0 Å². The standard InChI is InChI=1S/C10H17N3O/c1-3-10(14)7-11-5-9-6-12-13(4-2)8-9/h4,6,8,10-11,14H,2-3,5,7H2,1H3. The van der Waals surface area contributed by atoms with Crippen molar-refractivity contribution in [1.29, 1.82) is 0 Å². The molecule has 78 valence electrons. The second-order valence-electron chi connectivity index (χ2n) is 3.20. The molecule has 0 saturated heterocycles. The van der Waals surface area contributed by atoms with Crippen LogP contribution in [0, 0.1) is 0 Å². The first-order chi connectivity index (χ1) is 6.76. The minimum absolute atomic E-state index is 0.260. The average molecular weight is 195 g/mol. The predicted octanol–water partition coefficient (Wildman–Crippen LogP) is 0.844. The Kier molecular flexibility index (Phi) is 4.35. The molecule has 0 bridgehead atoms. The number of rotatable bonds is 6. The minimum Gasteiger partial charge on any atom is -0.392 e. The van der Waals surface area contributed by atoms with Gasteiger partial charge < -0.3 is 10.4 Å². The van der Waals surface area contributed by atoms with E-state index in [2.05, 4.69) is 17.0 Å². The average Bonchev–Trinajstić information content (AvgIpc) is 2.65. The molecule has 1 aromatic heterocycles. The number of aromatic nitrogens is 2. The number of hydrogen-bond acceptors (Lipinski definition) is 3. The molecule has 0 radical (unpaired) electrons. The Morgan fingerprint density at radius 1 is 1.79 bits per heavy atom. The molecule has 0 amide bonds. The highest BCUT2D eigenvalue weighted by atomic mass is 16.3. The van der Waals surface area contributed by atoms with Gasteiger partial charge in [-0.15, -0.1) is 0 Å². The second-order valence-corrected chi connectivity index (χ2v) is 3.20. The van der Waals surface area contributed by atoms with E-state index >= 15 is 0 Å². The summed E-state index contributed by atoms with van der Waals surface area (Å²) in [6, 6.07) is 0. The number of aliphatic hydroxyl groups excluding tert-OH is 1. The molecular weight excluding hydrogens is 178 g/mol. The van der Waals surface area contributed by atoms with Crippen molar-refractivity contribution in [3.8, 4) is 0 Å². The molecule has 0 saturated carbocycles. The monoisotopic (exact) mass is 195 g/mol. The minimum atomic E-state index is -0.260. The van der Waals surface area contributed by atoms with E-state index in [9.17, 15) is 5.11 Å². The van der Waals surface area contributed by atoms with E-state index in [4.69, 9.17) is 0 Å². The SMILES string of the molecule is C=Cn1cc(CNCC(O)CC)cn1. The van der Waals surface area contributed by atoms with Crippen LogP contribution >= 0.6 is 0 Å². The Morgan fingerprint density at radius 2 is 2.57 bits per heavy atom. The number of nitrogens with one attached hydrogen (secondary N) is 1. The molecular formula is C10H17N3O. The molecule has 1 heterocycles. The summed E-state index contributed by atoms with van der Waals surface area (Å²) in [5.41, 5.74) is 1.09. The summed E-state index contributed by atoms with van der Waals surface area (Å²) < 4.78 is 1.66. The molecule has 0 aliphatic carbocycles. The molecule has 4 heteroatoms. The zero-order valence-electron chi connectivity index (χ0n) is 8.48. The Morgan fingerprint density at radius 3 is 3.14 bits per heavy atom. The van der Waals surface area contributed by atoms with Crippen LogP contribution in [0.4, 0.5) is 0 Å². The molecule has 2 N–H and O–H groups in total. The molecule has 1 aromatic rings. The van der Waals surface area contributed by atoms with Gasteiger partial charge in [-0.3, -0.25) is 0 Å². The van der Waals surface area contributed by atoms with Crippen molar-refractivity contribution < 1.29 is 5.11 Å². The summed E-state index contributed by atoms with van der Waals surface area (Å²) in [4.78, 5) is 0. The number of nitrogens with zero attached hydrogens (tertiary/aromatic N) is 2. The lowest BCUT2D eigenvalue weighted by molar-refractivity contribution is 0.167. The first kappa shape index (κ1) is 10.9. The molecule has 0 aliphatic heterocycles. The van der Waals surface area contributed by atoms with Crippen LogP contribution in [-0.2, 0) is 6.54 Å². The first-order valence-electron chi connectivity index (χ1n) is 4.80. The molecule has 0 aromatic carbocycles. The van der Waals surface area contributed by atoms with Crippen LogP contribution < -0.4 is 5.32 Å². The van der Waals surface area contributed by atoms with Gasteiger partial charge >= 0.3 is 0 Å². The molecule has 14 heavy (non-hydrogen) atoms. The van der Waals surface area contributed by atoms with Crippen LogP contribution in [0.15, 0.2) is 19.0 Å². The van der Waals surface area contributed by atoms with Gasteiger partial charge in [0.2, 0.25) is 0 Å². The molecule has 0 spiro atoms. The van der Waals surface area contributed by atoms with Gasteiger partial charge in [0.1, 0.15) is 0 Å². The van der Waals surface area contributed by atoms with E-state index in [0.717, 1.165) is 18.5 Å². The van der Waals surface area contributed by atoms with Gasteiger partial charge in [-0.1, -0.05) is 13.5 Å². The van der Waals surface area contributed by atoms with E-state index in [1.807, 2.05) is 13.1 Å². The lowest BCUT2D eigenvalue weighted by Gasteiger charge is -2.07. The van der Waals surface area contributed by atoms with Crippen molar-refractivity contribution in [3.05, 3.63) is 24.5 Å². The van der Waals surface area contributed by atoms with Gasteiger partial charge in [-0.05, 0) is 6.42 Å². The van der Waals surface area contributed by atoms with E-state index in [0.29, 0.717) is 6.54 Å².